The van der Waals surface area contributed by atoms with Crippen LogP contribution in [0.5, 0.6) is 0 Å². The maximum absolute atomic E-state index is 13.2. The number of nitrogens with zero attached hydrogens (tertiary/aromatic N) is 2. The minimum absolute atomic E-state index is 0.274. The normalized spacial score (nSPS) is 14.6. The summed E-state index contributed by atoms with van der Waals surface area (Å²) in [6.45, 7) is 7.03. The monoisotopic (exact) mass is 482 g/mol. The number of carbonyl (C=O) groups excluding carboxylic acids is 2. The average Bonchev–Trinajstić information content (AvgIpc) is 3.22. The van der Waals surface area contributed by atoms with Gasteiger partial charge in [0.05, 0.1) is 18.9 Å². The van der Waals surface area contributed by atoms with Crippen molar-refractivity contribution in [1.29, 1.82) is 0 Å². The second-order valence-corrected chi connectivity index (χ2v) is 9.67. The first kappa shape index (κ1) is 24.0. The van der Waals surface area contributed by atoms with E-state index in [1.54, 1.807) is 13.8 Å². The third-order valence-electron chi connectivity index (χ3n) is 5.54. The fraction of sp³-hybridized carbons (Fsp3) is 0.320. The van der Waals surface area contributed by atoms with Gasteiger partial charge < -0.3 is 10.1 Å². The van der Waals surface area contributed by atoms with Crippen LogP contribution in [0.4, 0.5) is 9.52 Å². The predicted molar refractivity (Wildman–Crippen MR) is 130 cm³/mol. The third-order valence-corrected chi connectivity index (χ3v) is 6.49. The summed E-state index contributed by atoms with van der Waals surface area (Å²) >= 11 is 1.43. The van der Waals surface area contributed by atoms with Gasteiger partial charge in [-0.25, -0.2) is 9.37 Å². The van der Waals surface area contributed by atoms with Gasteiger partial charge in [-0.2, -0.15) is 0 Å². The maximum atomic E-state index is 13.2. The summed E-state index contributed by atoms with van der Waals surface area (Å²) in [4.78, 5) is 33.7. The van der Waals surface area contributed by atoms with Crippen molar-refractivity contribution in [1.82, 2.24) is 15.2 Å². The van der Waals surface area contributed by atoms with Crippen molar-refractivity contribution in [3.8, 4) is 11.3 Å². The highest BCUT2D eigenvalue weighted by Gasteiger charge is 2.31. The van der Waals surface area contributed by atoms with Crippen LogP contribution < -0.4 is 10.6 Å². The molecule has 7 nitrogen and oxygen atoms in total. The zero-order chi connectivity index (χ0) is 24.1. The standard InChI is InChI=1S/C25H27FN4O3S/c1-25(2,29-22(31)18-8-10-19(26)11-9-18)23(32)28-24-27-21(17-6-4-3-5-7-17)20(34-24)16-30-12-14-33-15-13-30/h3-11H,12-16H2,1-2H3,(H,29,31)(H,27,28,32). The molecule has 2 N–H and O–H groups in total. The molecular formula is C25H27FN4O3S. The number of aromatic nitrogens is 1. The Morgan fingerprint density at radius 2 is 1.76 bits per heavy atom. The molecule has 2 amide bonds. The Bertz CT molecular complexity index is 1140. The van der Waals surface area contributed by atoms with Gasteiger partial charge >= 0.3 is 0 Å². The lowest BCUT2D eigenvalue weighted by molar-refractivity contribution is -0.120. The molecule has 0 unspecified atom stereocenters. The van der Waals surface area contributed by atoms with Crippen LogP contribution in [0.2, 0.25) is 0 Å². The molecule has 3 aromatic rings. The molecule has 1 saturated heterocycles. The van der Waals surface area contributed by atoms with Crippen molar-refractivity contribution < 1.29 is 18.7 Å². The molecule has 0 radical (unpaired) electrons. The first-order valence-corrected chi connectivity index (χ1v) is 11.9. The number of hydrogen-bond donors (Lipinski definition) is 2. The van der Waals surface area contributed by atoms with Gasteiger partial charge in [0.1, 0.15) is 11.4 Å². The maximum Gasteiger partial charge on any atom is 0.252 e. The van der Waals surface area contributed by atoms with Crippen LogP contribution in [0.1, 0.15) is 29.1 Å². The zero-order valence-electron chi connectivity index (χ0n) is 19.1. The van der Waals surface area contributed by atoms with E-state index in [2.05, 4.69) is 15.5 Å². The van der Waals surface area contributed by atoms with Gasteiger partial charge in [-0.3, -0.25) is 19.8 Å². The van der Waals surface area contributed by atoms with E-state index in [1.165, 1.54) is 35.6 Å². The summed E-state index contributed by atoms with van der Waals surface area (Å²) in [7, 11) is 0. The molecule has 9 heteroatoms. The van der Waals surface area contributed by atoms with Crippen LogP contribution in [0, 0.1) is 5.82 Å². The number of morpholine rings is 1. The van der Waals surface area contributed by atoms with Gasteiger partial charge in [0.25, 0.3) is 11.8 Å². The van der Waals surface area contributed by atoms with Gasteiger partial charge in [-0.1, -0.05) is 41.7 Å². The predicted octanol–water partition coefficient (Wildman–Crippen LogP) is 3.93. The first-order chi connectivity index (χ1) is 16.3. The molecule has 2 heterocycles. The molecule has 1 aliphatic heterocycles. The SMILES string of the molecule is CC(C)(NC(=O)c1ccc(F)cc1)C(=O)Nc1nc(-c2ccccc2)c(CN2CCOCC2)s1. The highest BCUT2D eigenvalue weighted by molar-refractivity contribution is 7.16. The second-order valence-electron chi connectivity index (χ2n) is 8.59. The fourth-order valence-electron chi connectivity index (χ4n) is 3.56. The van der Waals surface area contributed by atoms with Gasteiger partial charge in [0.15, 0.2) is 5.13 Å². The number of benzene rings is 2. The zero-order valence-corrected chi connectivity index (χ0v) is 20.0. The van der Waals surface area contributed by atoms with Crippen LogP contribution in [-0.2, 0) is 16.1 Å². The van der Waals surface area contributed by atoms with Crippen molar-refractivity contribution in [2.75, 3.05) is 31.6 Å². The Morgan fingerprint density at radius 1 is 1.09 bits per heavy atom. The molecule has 1 aromatic heterocycles. The molecule has 0 aliphatic carbocycles. The lowest BCUT2D eigenvalue weighted by Gasteiger charge is -2.26. The molecule has 34 heavy (non-hydrogen) atoms. The highest BCUT2D eigenvalue weighted by Crippen LogP contribution is 2.32. The van der Waals surface area contributed by atoms with Crippen molar-refractivity contribution >= 4 is 28.3 Å². The number of anilines is 1. The Labute approximate surface area is 202 Å². The summed E-state index contributed by atoms with van der Waals surface area (Å²) in [6, 6.07) is 15.0. The van der Waals surface area contributed by atoms with Crippen LogP contribution in [0.15, 0.2) is 54.6 Å². The summed E-state index contributed by atoms with van der Waals surface area (Å²) in [5.74, 6) is -1.29. The molecule has 1 fully saturated rings. The van der Waals surface area contributed by atoms with E-state index in [0.717, 1.165) is 29.2 Å². The number of ether oxygens (including phenoxy) is 1. The molecule has 0 bridgehead atoms. The molecule has 178 valence electrons. The Morgan fingerprint density at radius 3 is 2.44 bits per heavy atom. The van der Waals surface area contributed by atoms with E-state index < -0.39 is 23.2 Å². The number of rotatable bonds is 7. The van der Waals surface area contributed by atoms with Crippen LogP contribution in [0.25, 0.3) is 11.3 Å². The molecular weight excluding hydrogens is 455 g/mol. The topological polar surface area (TPSA) is 83.6 Å². The fourth-order valence-corrected chi connectivity index (χ4v) is 4.59. The largest absolute Gasteiger partial charge is 0.379 e. The minimum Gasteiger partial charge on any atom is -0.379 e. The van der Waals surface area contributed by atoms with E-state index in [4.69, 9.17) is 9.72 Å². The number of carbonyl (C=O) groups is 2. The van der Waals surface area contributed by atoms with E-state index in [1.807, 2.05) is 30.3 Å². The van der Waals surface area contributed by atoms with Crippen molar-refractivity contribution in [3.05, 3.63) is 70.9 Å². The van der Waals surface area contributed by atoms with Crippen LogP contribution in [-0.4, -0.2) is 53.5 Å². The molecule has 2 aromatic carbocycles. The summed E-state index contributed by atoms with van der Waals surface area (Å²) in [6.07, 6.45) is 0. The quantitative estimate of drug-likeness (QED) is 0.533. The number of halogens is 1. The third kappa shape index (κ3) is 5.85. The van der Waals surface area contributed by atoms with Gasteiger partial charge in [0.2, 0.25) is 0 Å². The van der Waals surface area contributed by atoms with E-state index >= 15 is 0 Å². The van der Waals surface area contributed by atoms with E-state index in [-0.39, 0.29) is 5.56 Å². The molecule has 1 aliphatic rings. The van der Waals surface area contributed by atoms with Gasteiger partial charge in [-0.15, -0.1) is 0 Å². The smallest absolute Gasteiger partial charge is 0.252 e. The van der Waals surface area contributed by atoms with E-state index in [0.29, 0.717) is 24.9 Å². The Kier molecular flexibility index (Phi) is 7.35. The van der Waals surface area contributed by atoms with Crippen molar-refractivity contribution in [3.63, 3.8) is 0 Å². The number of nitrogens with one attached hydrogen (secondary N) is 2. The summed E-state index contributed by atoms with van der Waals surface area (Å²) < 4.78 is 18.6. The van der Waals surface area contributed by atoms with Gasteiger partial charge in [-0.05, 0) is 38.1 Å². The highest BCUT2D eigenvalue weighted by atomic mass is 32.1. The summed E-state index contributed by atoms with van der Waals surface area (Å²) in [5.41, 5.74) is 0.872. The minimum atomic E-state index is -1.21. The van der Waals surface area contributed by atoms with Crippen molar-refractivity contribution in [2.24, 2.45) is 0 Å². The Balaban J connectivity index is 1.50. The van der Waals surface area contributed by atoms with E-state index in [9.17, 15) is 14.0 Å². The molecule has 4 rings (SSSR count). The molecule has 0 atom stereocenters. The van der Waals surface area contributed by atoms with Gasteiger partial charge in [0, 0.05) is 35.6 Å². The van der Waals surface area contributed by atoms with Crippen LogP contribution in [0.3, 0.4) is 0 Å². The molecule has 0 saturated carbocycles. The average molecular weight is 483 g/mol. The number of thiazole rings is 1. The number of hydrogen-bond acceptors (Lipinski definition) is 6. The number of amides is 2. The second kappa shape index (κ2) is 10.4. The first-order valence-electron chi connectivity index (χ1n) is 11.1. The Hall–Kier alpha value is -3.14. The molecule has 0 spiro atoms. The lowest BCUT2D eigenvalue weighted by atomic mass is 10.0. The summed E-state index contributed by atoms with van der Waals surface area (Å²) in [5, 5.41) is 6.05. The lowest BCUT2D eigenvalue weighted by Crippen LogP contribution is -2.52. The van der Waals surface area contributed by atoms with Crippen LogP contribution >= 0.6 is 11.3 Å². The van der Waals surface area contributed by atoms with Crippen molar-refractivity contribution in [2.45, 2.75) is 25.9 Å².